The van der Waals surface area contributed by atoms with E-state index in [9.17, 15) is 9.36 Å². The van der Waals surface area contributed by atoms with Gasteiger partial charge in [0.25, 0.3) is 5.91 Å². The molecule has 0 aliphatic carbocycles. The third-order valence-corrected chi connectivity index (χ3v) is 4.97. The minimum absolute atomic E-state index is 0.114. The third kappa shape index (κ3) is 3.68. The number of nitrogens with zero attached hydrogens (tertiary/aromatic N) is 1. The van der Waals surface area contributed by atoms with E-state index in [2.05, 4.69) is 9.51 Å². The SMILES string of the molecule is CC1(C)O[C@@H]2[C@H](O1)[C@@H](COP(=O)(O)O)O[C@H]2c1nc(C(N)=O)cs1. The second-order valence-corrected chi connectivity index (χ2v) is 8.01. The summed E-state index contributed by atoms with van der Waals surface area (Å²) in [6, 6.07) is 0. The van der Waals surface area contributed by atoms with Gasteiger partial charge in [0.15, 0.2) is 5.79 Å². The van der Waals surface area contributed by atoms with Crippen LogP contribution < -0.4 is 5.73 Å². The average Bonchev–Trinajstić information content (AvgIpc) is 3.08. The Balaban J connectivity index is 1.82. The molecule has 4 N–H and O–H groups in total. The molecule has 1 aromatic rings. The van der Waals surface area contributed by atoms with E-state index in [1.54, 1.807) is 13.8 Å². The number of ether oxygens (including phenoxy) is 3. The van der Waals surface area contributed by atoms with Crippen molar-refractivity contribution in [3.8, 4) is 0 Å². The Morgan fingerprint density at radius 3 is 2.71 bits per heavy atom. The summed E-state index contributed by atoms with van der Waals surface area (Å²) in [4.78, 5) is 33.1. The Bertz CT molecular complexity index is 688. The van der Waals surface area contributed by atoms with Crippen molar-refractivity contribution in [2.24, 2.45) is 5.73 Å². The average molecular weight is 380 g/mol. The highest BCUT2D eigenvalue weighted by molar-refractivity contribution is 7.46. The van der Waals surface area contributed by atoms with Crippen LogP contribution >= 0.6 is 19.2 Å². The number of rotatable bonds is 5. The number of nitrogens with two attached hydrogens (primary N) is 1. The van der Waals surface area contributed by atoms with Gasteiger partial charge >= 0.3 is 7.82 Å². The maximum absolute atomic E-state index is 11.2. The van der Waals surface area contributed by atoms with Gasteiger partial charge in [0, 0.05) is 5.38 Å². The fourth-order valence-corrected chi connectivity index (χ4v) is 3.93. The first-order valence-corrected chi connectivity index (χ1v) is 9.43. The van der Waals surface area contributed by atoms with Crippen molar-refractivity contribution in [1.82, 2.24) is 4.98 Å². The molecule has 24 heavy (non-hydrogen) atoms. The van der Waals surface area contributed by atoms with Crippen molar-refractivity contribution in [2.45, 2.75) is 44.1 Å². The molecule has 134 valence electrons. The number of fused-ring (bicyclic) bond motifs is 1. The van der Waals surface area contributed by atoms with Crippen LogP contribution in [0.25, 0.3) is 0 Å². The number of primary amides is 1. The van der Waals surface area contributed by atoms with Gasteiger partial charge in [-0.15, -0.1) is 11.3 Å². The molecule has 0 radical (unpaired) electrons. The maximum Gasteiger partial charge on any atom is 0.469 e. The van der Waals surface area contributed by atoms with E-state index >= 15 is 0 Å². The van der Waals surface area contributed by atoms with Gasteiger partial charge in [-0.3, -0.25) is 9.32 Å². The van der Waals surface area contributed by atoms with Crippen molar-refractivity contribution < 1.29 is 37.9 Å². The summed E-state index contributed by atoms with van der Waals surface area (Å²) >= 11 is 1.18. The number of phosphoric acid groups is 1. The lowest BCUT2D eigenvalue weighted by atomic mass is 10.1. The zero-order chi connectivity index (χ0) is 17.7. The van der Waals surface area contributed by atoms with Crippen LogP contribution in [-0.4, -0.2) is 51.4 Å². The van der Waals surface area contributed by atoms with E-state index < -0.39 is 43.9 Å². The molecule has 2 saturated heterocycles. The Morgan fingerprint density at radius 1 is 1.46 bits per heavy atom. The summed E-state index contributed by atoms with van der Waals surface area (Å²) in [6.07, 6.45) is -2.54. The van der Waals surface area contributed by atoms with Gasteiger partial charge in [-0.05, 0) is 13.8 Å². The molecule has 10 nitrogen and oxygen atoms in total. The largest absolute Gasteiger partial charge is 0.469 e. The lowest BCUT2D eigenvalue weighted by molar-refractivity contribution is -0.190. The van der Waals surface area contributed by atoms with Crippen LogP contribution in [0.3, 0.4) is 0 Å². The van der Waals surface area contributed by atoms with E-state index in [-0.39, 0.29) is 12.3 Å². The molecule has 12 heteroatoms. The van der Waals surface area contributed by atoms with Crippen molar-refractivity contribution in [3.63, 3.8) is 0 Å². The number of hydrogen-bond donors (Lipinski definition) is 3. The highest BCUT2D eigenvalue weighted by Crippen LogP contribution is 2.47. The second kappa shape index (κ2) is 6.11. The Labute approximate surface area is 141 Å². The number of carbonyl (C=O) groups excluding carboxylic acids is 1. The number of carbonyl (C=O) groups is 1. The lowest BCUT2D eigenvalue weighted by Crippen LogP contribution is -2.32. The Morgan fingerprint density at radius 2 is 2.12 bits per heavy atom. The summed E-state index contributed by atoms with van der Waals surface area (Å²) in [5, 5.41) is 1.98. The molecule has 2 fully saturated rings. The fraction of sp³-hybridized carbons (Fsp3) is 0.667. The van der Waals surface area contributed by atoms with Crippen LogP contribution in [-0.2, 0) is 23.3 Å². The van der Waals surface area contributed by atoms with Crippen LogP contribution in [0.5, 0.6) is 0 Å². The quantitative estimate of drug-likeness (QED) is 0.613. The van der Waals surface area contributed by atoms with Crippen LogP contribution in [0, 0.1) is 0 Å². The molecule has 0 bridgehead atoms. The number of amides is 1. The summed E-state index contributed by atoms with van der Waals surface area (Å²) < 4.78 is 32.8. The highest BCUT2D eigenvalue weighted by atomic mass is 32.1. The van der Waals surface area contributed by atoms with Crippen LogP contribution in [0.2, 0.25) is 0 Å². The molecule has 2 aliphatic heterocycles. The molecule has 0 aromatic carbocycles. The molecule has 3 rings (SSSR count). The predicted molar refractivity (Wildman–Crippen MR) is 80.1 cm³/mol. The first-order valence-electron chi connectivity index (χ1n) is 7.02. The monoisotopic (exact) mass is 380 g/mol. The van der Waals surface area contributed by atoms with Crippen LogP contribution in [0.4, 0.5) is 0 Å². The second-order valence-electron chi connectivity index (χ2n) is 5.88. The van der Waals surface area contributed by atoms with E-state index in [1.807, 2.05) is 0 Å². The van der Waals surface area contributed by atoms with Crippen molar-refractivity contribution in [3.05, 3.63) is 16.1 Å². The number of hydrogen-bond acceptors (Lipinski definition) is 8. The molecule has 2 aliphatic rings. The van der Waals surface area contributed by atoms with Crippen molar-refractivity contribution >= 4 is 25.1 Å². The maximum atomic E-state index is 11.2. The molecule has 1 amide bonds. The zero-order valence-electron chi connectivity index (χ0n) is 12.8. The van der Waals surface area contributed by atoms with Crippen molar-refractivity contribution in [2.75, 3.05) is 6.61 Å². The van der Waals surface area contributed by atoms with Gasteiger partial charge in [-0.25, -0.2) is 9.55 Å². The van der Waals surface area contributed by atoms with Gasteiger partial charge in [0.1, 0.15) is 35.1 Å². The summed E-state index contributed by atoms with van der Waals surface area (Å²) in [5.41, 5.74) is 5.31. The van der Waals surface area contributed by atoms with E-state index in [1.165, 1.54) is 16.7 Å². The Hall–Kier alpha value is -0.910. The van der Waals surface area contributed by atoms with Crippen LogP contribution in [0.1, 0.15) is 35.4 Å². The van der Waals surface area contributed by atoms with Gasteiger partial charge < -0.3 is 29.7 Å². The minimum atomic E-state index is -4.64. The number of phosphoric ester groups is 1. The molecular weight excluding hydrogens is 363 g/mol. The molecule has 0 unspecified atom stereocenters. The van der Waals surface area contributed by atoms with Gasteiger partial charge in [-0.1, -0.05) is 0 Å². The summed E-state index contributed by atoms with van der Waals surface area (Å²) in [7, 11) is -4.64. The molecular formula is C12H17N2O8PS. The minimum Gasteiger partial charge on any atom is -0.364 e. The van der Waals surface area contributed by atoms with Gasteiger partial charge in [0.2, 0.25) is 0 Å². The molecule has 0 saturated carbocycles. The fourth-order valence-electron chi connectivity index (χ4n) is 2.72. The topological polar surface area (TPSA) is 150 Å². The third-order valence-electron chi connectivity index (χ3n) is 3.57. The molecule has 0 spiro atoms. The van der Waals surface area contributed by atoms with Crippen LogP contribution in [0.15, 0.2) is 5.38 Å². The van der Waals surface area contributed by atoms with Gasteiger partial charge in [-0.2, -0.15) is 0 Å². The standard InChI is InChI=1S/C12H17N2O8PS/c1-12(2)21-7-6(3-19-23(16,17)18)20-9(8(7)22-12)11-14-5(4-24-11)10(13)15/h4,6-9H,3H2,1-2H3,(H2,13,15)(H2,16,17,18)/t6-,7-,8-,9-/m1/s1. The first-order chi connectivity index (χ1) is 11.1. The van der Waals surface area contributed by atoms with Gasteiger partial charge in [0.05, 0.1) is 6.61 Å². The zero-order valence-corrected chi connectivity index (χ0v) is 14.5. The summed E-state index contributed by atoms with van der Waals surface area (Å²) in [5.74, 6) is -1.54. The normalized spacial score (nSPS) is 32.0. The molecule has 4 atom stereocenters. The Kier molecular flexibility index (Phi) is 4.56. The first kappa shape index (κ1) is 17.9. The molecule has 1 aromatic heterocycles. The number of aromatic nitrogens is 1. The molecule has 3 heterocycles. The van der Waals surface area contributed by atoms with E-state index in [0.717, 1.165) is 0 Å². The summed E-state index contributed by atoms with van der Waals surface area (Å²) in [6.45, 7) is 3.08. The van der Waals surface area contributed by atoms with E-state index in [0.29, 0.717) is 5.01 Å². The lowest BCUT2D eigenvalue weighted by Gasteiger charge is -2.23. The van der Waals surface area contributed by atoms with E-state index in [4.69, 9.17) is 29.7 Å². The number of thiazole rings is 1. The smallest absolute Gasteiger partial charge is 0.364 e. The van der Waals surface area contributed by atoms with Crippen molar-refractivity contribution in [1.29, 1.82) is 0 Å². The predicted octanol–water partition coefficient (Wildman–Crippen LogP) is 0.311. The highest BCUT2D eigenvalue weighted by Gasteiger charge is 2.56.